The molecule has 32 heavy (non-hydrogen) atoms. The molecular weight excluding hydrogens is 432 g/mol. The topological polar surface area (TPSA) is 99.9 Å². The number of halogens is 1. The highest BCUT2D eigenvalue weighted by Gasteiger charge is 2.14. The van der Waals surface area contributed by atoms with Crippen LogP contribution in [0.5, 0.6) is 5.75 Å². The second kappa shape index (κ2) is 11.9. The number of anilines is 2. The van der Waals surface area contributed by atoms with E-state index in [1.165, 1.54) is 6.20 Å². The SMILES string of the molecule is [C-]#[N+]c1ccc(NC(=O)Nc2cc(Cl)ccc2OCCCNC(=O)CN2CCCC2)nc1. The first kappa shape index (κ1) is 23.3. The number of nitrogens with one attached hydrogen (secondary N) is 3. The summed E-state index contributed by atoms with van der Waals surface area (Å²) in [6, 6.07) is 7.52. The van der Waals surface area contributed by atoms with Crippen molar-refractivity contribution in [2.24, 2.45) is 0 Å². The minimum Gasteiger partial charge on any atom is -0.491 e. The van der Waals surface area contributed by atoms with Crippen molar-refractivity contribution >= 4 is 40.7 Å². The van der Waals surface area contributed by atoms with Crippen molar-refractivity contribution in [2.45, 2.75) is 19.3 Å². The number of rotatable bonds is 9. The van der Waals surface area contributed by atoms with Crippen LogP contribution < -0.4 is 20.7 Å². The zero-order valence-corrected chi connectivity index (χ0v) is 18.3. The van der Waals surface area contributed by atoms with E-state index in [2.05, 4.69) is 30.7 Å². The monoisotopic (exact) mass is 456 g/mol. The molecule has 0 bridgehead atoms. The first-order valence-electron chi connectivity index (χ1n) is 10.4. The molecule has 0 spiro atoms. The largest absolute Gasteiger partial charge is 0.491 e. The maximum Gasteiger partial charge on any atom is 0.324 e. The van der Waals surface area contributed by atoms with Gasteiger partial charge < -0.3 is 15.4 Å². The molecule has 0 saturated carbocycles. The van der Waals surface area contributed by atoms with E-state index in [4.69, 9.17) is 22.9 Å². The van der Waals surface area contributed by atoms with Crippen LogP contribution in [0.4, 0.5) is 22.0 Å². The van der Waals surface area contributed by atoms with Crippen molar-refractivity contribution < 1.29 is 14.3 Å². The summed E-state index contributed by atoms with van der Waals surface area (Å²) in [6.45, 7) is 10.2. The molecule has 168 valence electrons. The number of hydrogen-bond donors (Lipinski definition) is 3. The minimum absolute atomic E-state index is 0.0236. The van der Waals surface area contributed by atoms with Crippen LogP contribution in [0.2, 0.25) is 5.02 Å². The number of urea groups is 1. The van der Waals surface area contributed by atoms with Crippen molar-refractivity contribution in [1.82, 2.24) is 15.2 Å². The molecule has 0 atom stereocenters. The minimum atomic E-state index is -0.519. The van der Waals surface area contributed by atoms with Gasteiger partial charge in [-0.25, -0.2) is 9.64 Å². The van der Waals surface area contributed by atoms with Crippen molar-refractivity contribution in [3.05, 3.63) is 53.0 Å². The van der Waals surface area contributed by atoms with Crippen LogP contribution in [0.1, 0.15) is 19.3 Å². The zero-order chi connectivity index (χ0) is 22.8. The third kappa shape index (κ3) is 7.41. The van der Waals surface area contributed by atoms with Gasteiger partial charge in [-0.1, -0.05) is 17.7 Å². The molecule has 2 heterocycles. The molecule has 1 saturated heterocycles. The molecule has 1 aliphatic heterocycles. The van der Waals surface area contributed by atoms with Gasteiger partial charge >= 0.3 is 6.03 Å². The van der Waals surface area contributed by atoms with Gasteiger partial charge in [0.25, 0.3) is 0 Å². The number of amides is 3. The predicted octanol–water partition coefficient (Wildman–Crippen LogP) is 3.91. The van der Waals surface area contributed by atoms with E-state index >= 15 is 0 Å². The molecule has 3 amide bonds. The lowest BCUT2D eigenvalue weighted by molar-refractivity contribution is -0.122. The second-order valence-electron chi connectivity index (χ2n) is 7.27. The zero-order valence-electron chi connectivity index (χ0n) is 17.6. The first-order chi connectivity index (χ1) is 15.5. The van der Waals surface area contributed by atoms with Crippen molar-refractivity contribution in [2.75, 3.05) is 43.4 Å². The third-order valence-electron chi connectivity index (χ3n) is 4.78. The van der Waals surface area contributed by atoms with Gasteiger partial charge in [0.2, 0.25) is 11.6 Å². The summed E-state index contributed by atoms with van der Waals surface area (Å²) in [6.07, 6.45) is 4.31. The maximum absolute atomic E-state index is 12.3. The first-order valence-corrected chi connectivity index (χ1v) is 10.7. The molecule has 0 aliphatic carbocycles. The highest BCUT2D eigenvalue weighted by Crippen LogP contribution is 2.28. The number of carbonyl (C=O) groups is 2. The summed E-state index contributed by atoms with van der Waals surface area (Å²) in [4.78, 5) is 33.7. The van der Waals surface area contributed by atoms with E-state index < -0.39 is 6.03 Å². The average molecular weight is 457 g/mol. The number of carbonyl (C=O) groups excluding carboxylic acids is 2. The molecule has 1 aliphatic rings. The normalized spacial score (nSPS) is 13.2. The standard InChI is InChI=1S/C22H25ClN6O3/c1-24-17-6-8-20(26-14-17)28-22(31)27-18-13-16(23)5-7-19(18)32-12-4-9-25-21(30)15-29-10-2-3-11-29/h5-8,13-14H,2-4,9-12,15H2,(H,25,30)(H2,26,27,28,31). The Bertz CT molecular complexity index is 971. The van der Waals surface area contributed by atoms with E-state index in [9.17, 15) is 9.59 Å². The number of nitrogens with zero attached hydrogens (tertiary/aromatic N) is 3. The molecule has 0 unspecified atom stereocenters. The summed E-state index contributed by atoms with van der Waals surface area (Å²) >= 11 is 6.06. The highest BCUT2D eigenvalue weighted by atomic mass is 35.5. The molecular formula is C22H25ClN6O3. The number of benzene rings is 1. The number of pyridine rings is 1. The number of likely N-dealkylation sites (tertiary alicyclic amines) is 1. The van der Waals surface area contributed by atoms with Crippen molar-refractivity contribution in [1.29, 1.82) is 0 Å². The Kier molecular flexibility index (Phi) is 8.66. The van der Waals surface area contributed by atoms with Gasteiger partial charge in [0, 0.05) is 17.8 Å². The summed E-state index contributed by atoms with van der Waals surface area (Å²) < 4.78 is 5.78. The molecule has 3 rings (SSSR count). The smallest absolute Gasteiger partial charge is 0.324 e. The van der Waals surface area contributed by atoms with Gasteiger partial charge in [0.15, 0.2) is 0 Å². The van der Waals surface area contributed by atoms with Crippen molar-refractivity contribution in [3.63, 3.8) is 0 Å². The fraction of sp³-hybridized carbons (Fsp3) is 0.364. The van der Waals surface area contributed by atoms with Crippen LogP contribution in [-0.2, 0) is 4.79 Å². The number of hydrogen-bond acceptors (Lipinski definition) is 5. The quantitative estimate of drug-likeness (QED) is 0.392. The van der Waals surface area contributed by atoms with Crippen LogP contribution >= 0.6 is 11.6 Å². The lowest BCUT2D eigenvalue weighted by Gasteiger charge is -2.15. The summed E-state index contributed by atoms with van der Waals surface area (Å²) in [5, 5.41) is 8.63. The Morgan fingerprint density at radius 2 is 2.00 bits per heavy atom. The maximum atomic E-state index is 12.3. The molecule has 10 heteroatoms. The summed E-state index contributed by atoms with van der Waals surface area (Å²) in [7, 11) is 0. The van der Waals surface area contributed by atoms with E-state index in [1.54, 1.807) is 30.3 Å². The van der Waals surface area contributed by atoms with Crippen molar-refractivity contribution in [3.8, 4) is 5.75 Å². The van der Waals surface area contributed by atoms with Gasteiger partial charge in [0.05, 0.1) is 25.4 Å². The Hall–Kier alpha value is -3.35. The lowest BCUT2D eigenvalue weighted by atomic mass is 10.3. The Labute approximate surface area is 191 Å². The Balaban J connectivity index is 1.44. The molecule has 9 nitrogen and oxygen atoms in total. The van der Waals surface area contributed by atoms with Crippen LogP contribution in [0.15, 0.2) is 36.5 Å². The second-order valence-corrected chi connectivity index (χ2v) is 7.70. The molecule has 1 aromatic carbocycles. The molecule has 1 fully saturated rings. The van der Waals surface area contributed by atoms with E-state index in [1.807, 2.05) is 0 Å². The molecule has 0 radical (unpaired) electrons. The molecule has 1 aromatic heterocycles. The van der Waals surface area contributed by atoms with Gasteiger partial charge in [-0.15, -0.1) is 0 Å². The average Bonchev–Trinajstić information content (AvgIpc) is 3.28. The fourth-order valence-corrected chi connectivity index (χ4v) is 3.38. The lowest BCUT2D eigenvalue weighted by Crippen LogP contribution is -2.36. The van der Waals surface area contributed by atoms with E-state index in [0.29, 0.717) is 54.1 Å². The molecule has 2 aromatic rings. The van der Waals surface area contributed by atoms with Crippen LogP contribution in [-0.4, -0.2) is 54.6 Å². The predicted molar refractivity (Wildman–Crippen MR) is 123 cm³/mol. The van der Waals surface area contributed by atoms with Crippen LogP contribution in [0, 0.1) is 6.57 Å². The van der Waals surface area contributed by atoms with Crippen LogP contribution in [0.25, 0.3) is 4.85 Å². The number of aromatic nitrogens is 1. The third-order valence-corrected chi connectivity index (χ3v) is 5.01. The van der Waals surface area contributed by atoms with Gasteiger partial charge in [-0.3, -0.25) is 20.0 Å². The van der Waals surface area contributed by atoms with Gasteiger partial charge in [-0.2, -0.15) is 0 Å². The number of ether oxygens (including phenoxy) is 1. The van der Waals surface area contributed by atoms with E-state index in [0.717, 1.165) is 25.9 Å². The molecule has 3 N–H and O–H groups in total. The Morgan fingerprint density at radius 3 is 2.72 bits per heavy atom. The summed E-state index contributed by atoms with van der Waals surface area (Å²) in [5.41, 5.74) is 0.791. The summed E-state index contributed by atoms with van der Waals surface area (Å²) in [5.74, 6) is 0.795. The van der Waals surface area contributed by atoms with Gasteiger partial charge in [0.1, 0.15) is 11.6 Å². The van der Waals surface area contributed by atoms with Crippen LogP contribution in [0.3, 0.4) is 0 Å². The fourth-order valence-electron chi connectivity index (χ4n) is 3.20. The van der Waals surface area contributed by atoms with Gasteiger partial charge in [-0.05, 0) is 56.6 Å². The van der Waals surface area contributed by atoms with E-state index in [-0.39, 0.29) is 5.91 Å². The highest BCUT2D eigenvalue weighted by molar-refractivity contribution is 6.31. The Morgan fingerprint density at radius 1 is 1.19 bits per heavy atom.